The molecule has 2 N–H and O–H groups in total. The van der Waals surface area contributed by atoms with Crippen LogP contribution in [0.4, 0.5) is 4.39 Å². The Morgan fingerprint density at radius 3 is 2.44 bits per heavy atom. The van der Waals surface area contributed by atoms with Gasteiger partial charge in [0.1, 0.15) is 5.82 Å². The van der Waals surface area contributed by atoms with Gasteiger partial charge in [0.25, 0.3) is 0 Å². The van der Waals surface area contributed by atoms with E-state index >= 15 is 0 Å². The Morgan fingerprint density at radius 2 is 1.78 bits per heavy atom. The topological polar surface area (TPSA) is 26.0 Å². The highest BCUT2D eigenvalue weighted by atomic mass is 79.9. The van der Waals surface area contributed by atoms with E-state index in [1.807, 2.05) is 42.5 Å². The van der Waals surface area contributed by atoms with E-state index in [1.54, 1.807) is 6.07 Å². The molecule has 2 aromatic carbocycles. The Bertz CT molecular complexity index is 513. The van der Waals surface area contributed by atoms with Crippen LogP contribution in [0.15, 0.2) is 53.0 Å². The van der Waals surface area contributed by atoms with Crippen LogP contribution in [0.5, 0.6) is 0 Å². The van der Waals surface area contributed by atoms with Gasteiger partial charge in [-0.15, -0.1) is 0 Å². The van der Waals surface area contributed by atoms with Crippen LogP contribution in [0.1, 0.15) is 17.0 Å². The third kappa shape index (κ3) is 2.98. The van der Waals surface area contributed by atoms with Crippen LogP contribution in [0.3, 0.4) is 0 Å². The number of hydrogen-bond donors (Lipinski definition) is 1. The Morgan fingerprint density at radius 1 is 1.06 bits per heavy atom. The molecule has 94 valence electrons. The van der Waals surface area contributed by atoms with E-state index in [1.165, 1.54) is 0 Å². The van der Waals surface area contributed by atoms with Crippen molar-refractivity contribution in [3.8, 4) is 0 Å². The highest BCUT2D eigenvalue weighted by Crippen LogP contribution is 2.25. The van der Waals surface area contributed by atoms with Crippen molar-refractivity contribution in [1.29, 1.82) is 0 Å². The zero-order valence-corrected chi connectivity index (χ0v) is 11.5. The highest BCUT2D eigenvalue weighted by Gasteiger charge is 2.14. The molecule has 0 saturated heterocycles. The molecule has 2 rings (SSSR count). The number of hydrogen-bond acceptors (Lipinski definition) is 1. The average Bonchev–Trinajstić information content (AvgIpc) is 2.41. The van der Waals surface area contributed by atoms with E-state index in [2.05, 4.69) is 15.9 Å². The van der Waals surface area contributed by atoms with Crippen LogP contribution in [0, 0.1) is 5.82 Å². The van der Waals surface area contributed by atoms with Crippen molar-refractivity contribution in [2.75, 3.05) is 6.54 Å². The Kier molecular flexibility index (Phi) is 4.50. The van der Waals surface area contributed by atoms with Crippen molar-refractivity contribution in [2.24, 2.45) is 5.73 Å². The van der Waals surface area contributed by atoms with E-state index in [0.717, 1.165) is 5.56 Å². The van der Waals surface area contributed by atoms with E-state index in [9.17, 15) is 4.39 Å². The van der Waals surface area contributed by atoms with E-state index in [4.69, 9.17) is 5.73 Å². The van der Waals surface area contributed by atoms with Gasteiger partial charge in [-0.1, -0.05) is 42.5 Å². The molecule has 0 saturated carbocycles. The molecule has 18 heavy (non-hydrogen) atoms. The molecule has 0 fully saturated rings. The lowest BCUT2D eigenvalue weighted by Gasteiger charge is -2.16. The fraction of sp³-hybridized carbons (Fsp3) is 0.200. The van der Waals surface area contributed by atoms with Crippen molar-refractivity contribution in [1.82, 2.24) is 0 Å². The number of rotatable bonds is 4. The summed E-state index contributed by atoms with van der Waals surface area (Å²) in [5.74, 6) is -0.0399. The van der Waals surface area contributed by atoms with Gasteiger partial charge in [-0.3, -0.25) is 0 Å². The van der Waals surface area contributed by atoms with Crippen molar-refractivity contribution in [3.05, 3.63) is 69.9 Å². The second kappa shape index (κ2) is 6.12. The third-order valence-corrected chi connectivity index (χ3v) is 3.67. The highest BCUT2D eigenvalue weighted by molar-refractivity contribution is 9.10. The molecular formula is C15H15BrFN. The minimum absolute atomic E-state index is 0.148. The molecule has 0 bridgehead atoms. The fourth-order valence-corrected chi connectivity index (χ4v) is 2.44. The summed E-state index contributed by atoms with van der Waals surface area (Å²) >= 11 is 3.21. The van der Waals surface area contributed by atoms with Crippen LogP contribution in [-0.2, 0) is 6.42 Å². The predicted molar refractivity (Wildman–Crippen MR) is 76.0 cm³/mol. The average molecular weight is 308 g/mol. The van der Waals surface area contributed by atoms with Crippen molar-refractivity contribution in [2.45, 2.75) is 12.3 Å². The molecule has 1 nitrogen and oxygen atoms in total. The molecule has 1 unspecified atom stereocenters. The maximum atomic E-state index is 13.9. The lowest BCUT2D eigenvalue weighted by Crippen LogP contribution is -2.15. The molecule has 0 spiro atoms. The molecule has 0 radical (unpaired) electrons. The summed E-state index contributed by atoms with van der Waals surface area (Å²) in [6.07, 6.45) is 0.617. The SMILES string of the molecule is NCC(Cc1cccc(Br)c1F)c1ccccc1. The third-order valence-electron chi connectivity index (χ3n) is 3.05. The quantitative estimate of drug-likeness (QED) is 0.911. The summed E-state index contributed by atoms with van der Waals surface area (Å²) in [7, 11) is 0. The molecule has 0 aliphatic heterocycles. The Hall–Kier alpha value is -1.19. The monoisotopic (exact) mass is 307 g/mol. The summed E-state index contributed by atoms with van der Waals surface area (Å²) in [6.45, 7) is 0.510. The maximum Gasteiger partial charge on any atom is 0.140 e. The van der Waals surface area contributed by atoms with Gasteiger partial charge < -0.3 is 5.73 Å². The summed E-state index contributed by atoms with van der Waals surface area (Å²) in [6, 6.07) is 15.4. The molecule has 0 heterocycles. The first kappa shape index (κ1) is 13.2. The fourth-order valence-electron chi connectivity index (χ4n) is 2.03. The smallest absolute Gasteiger partial charge is 0.140 e. The normalized spacial score (nSPS) is 12.4. The second-order valence-electron chi connectivity index (χ2n) is 4.26. The lowest BCUT2D eigenvalue weighted by atomic mass is 9.92. The minimum atomic E-state index is -0.188. The number of nitrogens with two attached hydrogens (primary N) is 1. The number of halogens is 2. The van der Waals surface area contributed by atoms with Gasteiger partial charge in [-0.2, -0.15) is 0 Å². The maximum absolute atomic E-state index is 13.9. The van der Waals surface area contributed by atoms with Gasteiger partial charge in [0.15, 0.2) is 0 Å². The van der Waals surface area contributed by atoms with Gasteiger partial charge in [0.05, 0.1) is 4.47 Å². The molecule has 0 amide bonds. The van der Waals surface area contributed by atoms with Crippen molar-refractivity contribution in [3.63, 3.8) is 0 Å². The van der Waals surface area contributed by atoms with E-state index < -0.39 is 0 Å². The lowest BCUT2D eigenvalue weighted by molar-refractivity contribution is 0.585. The van der Waals surface area contributed by atoms with Gasteiger partial charge in [0, 0.05) is 5.92 Å². The van der Waals surface area contributed by atoms with Crippen LogP contribution < -0.4 is 5.73 Å². The van der Waals surface area contributed by atoms with Crippen LogP contribution >= 0.6 is 15.9 Å². The number of benzene rings is 2. The summed E-state index contributed by atoms with van der Waals surface area (Å²) < 4.78 is 14.4. The predicted octanol–water partition coefficient (Wildman–Crippen LogP) is 3.87. The van der Waals surface area contributed by atoms with E-state index in [0.29, 0.717) is 23.0 Å². The summed E-state index contributed by atoms with van der Waals surface area (Å²) in [5.41, 5.74) is 7.66. The van der Waals surface area contributed by atoms with Crippen molar-refractivity contribution >= 4 is 15.9 Å². The molecule has 2 aromatic rings. The van der Waals surface area contributed by atoms with Crippen molar-refractivity contribution < 1.29 is 4.39 Å². The molecular weight excluding hydrogens is 293 g/mol. The van der Waals surface area contributed by atoms with Crippen LogP contribution in [0.2, 0.25) is 0 Å². The first-order valence-corrected chi connectivity index (χ1v) is 6.69. The van der Waals surface area contributed by atoms with Crippen LogP contribution in [-0.4, -0.2) is 6.54 Å². The molecule has 3 heteroatoms. The van der Waals surface area contributed by atoms with Gasteiger partial charge in [-0.25, -0.2) is 4.39 Å². The standard InChI is InChI=1S/C15H15BrFN/c16-14-8-4-7-12(15(14)17)9-13(10-18)11-5-2-1-3-6-11/h1-8,13H,9-10,18H2. The molecule has 0 aliphatic rings. The second-order valence-corrected chi connectivity index (χ2v) is 5.11. The first-order chi connectivity index (χ1) is 8.72. The Labute approximate surface area is 115 Å². The molecule has 0 aliphatic carbocycles. The summed E-state index contributed by atoms with van der Waals surface area (Å²) in [5, 5.41) is 0. The molecule has 0 aromatic heterocycles. The van der Waals surface area contributed by atoms with Gasteiger partial charge in [-0.05, 0) is 46.1 Å². The van der Waals surface area contributed by atoms with Gasteiger partial charge in [0.2, 0.25) is 0 Å². The van der Waals surface area contributed by atoms with Crippen LogP contribution in [0.25, 0.3) is 0 Å². The van der Waals surface area contributed by atoms with Gasteiger partial charge >= 0.3 is 0 Å². The zero-order chi connectivity index (χ0) is 13.0. The zero-order valence-electron chi connectivity index (χ0n) is 9.94. The minimum Gasteiger partial charge on any atom is -0.330 e. The Balaban J connectivity index is 2.24. The molecule has 1 atom stereocenters. The summed E-state index contributed by atoms with van der Waals surface area (Å²) in [4.78, 5) is 0. The van der Waals surface area contributed by atoms with E-state index in [-0.39, 0.29) is 11.7 Å². The first-order valence-electron chi connectivity index (χ1n) is 5.90. The largest absolute Gasteiger partial charge is 0.330 e.